The summed E-state index contributed by atoms with van der Waals surface area (Å²) in [5.41, 5.74) is 9.60. The van der Waals surface area contributed by atoms with Gasteiger partial charge in [0, 0.05) is 31.5 Å². The molecule has 152 valence electrons. The van der Waals surface area contributed by atoms with Gasteiger partial charge in [0.15, 0.2) is 0 Å². The van der Waals surface area contributed by atoms with Crippen molar-refractivity contribution < 1.29 is 4.39 Å². The van der Waals surface area contributed by atoms with Gasteiger partial charge in [0.05, 0.1) is 40.5 Å². The van der Waals surface area contributed by atoms with E-state index in [1.165, 1.54) is 6.20 Å². The molecule has 1 fully saturated rings. The predicted molar refractivity (Wildman–Crippen MR) is 113 cm³/mol. The van der Waals surface area contributed by atoms with Crippen molar-refractivity contribution in [3.8, 4) is 11.3 Å². The average molecular weight is 404 g/mol. The first-order valence-electron chi connectivity index (χ1n) is 9.86. The SMILES string of the molecule is N[C@H]1CCCN(c2ccncc2Nc2ncc3ccc(-c4cccnc4F)nn23)C1. The van der Waals surface area contributed by atoms with Gasteiger partial charge in [-0.25, -0.2) is 9.97 Å². The van der Waals surface area contributed by atoms with Crippen LogP contribution in [0.1, 0.15) is 12.8 Å². The highest BCUT2D eigenvalue weighted by Gasteiger charge is 2.20. The van der Waals surface area contributed by atoms with Crippen molar-refractivity contribution in [2.75, 3.05) is 23.3 Å². The van der Waals surface area contributed by atoms with E-state index < -0.39 is 5.95 Å². The molecule has 5 rings (SSSR count). The van der Waals surface area contributed by atoms with E-state index in [9.17, 15) is 4.39 Å². The molecule has 30 heavy (non-hydrogen) atoms. The van der Waals surface area contributed by atoms with Crippen LogP contribution >= 0.6 is 0 Å². The highest BCUT2D eigenvalue weighted by atomic mass is 19.1. The predicted octanol–water partition coefficient (Wildman–Crippen LogP) is 3.00. The van der Waals surface area contributed by atoms with E-state index in [-0.39, 0.29) is 6.04 Å². The molecule has 0 spiro atoms. The van der Waals surface area contributed by atoms with Crippen molar-refractivity contribution in [3.63, 3.8) is 0 Å². The van der Waals surface area contributed by atoms with Gasteiger partial charge in [-0.2, -0.15) is 14.0 Å². The Kier molecular flexibility index (Phi) is 4.72. The number of nitrogens with one attached hydrogen (secondary N) is 1. The second kappa shape index (κ2) is 7.68. The summed E-state index contributed by atoms with van der Waals surface area (Å²) >= 11 is 0. The molecule has 0 aromatic carbocycles. The number of nitrogens with two attached hydrogens (primary N) is 1. The van der Waals surface area contributed by atoms with Crippen LogP contribution < -0.4 is 16.0 Å². The number of fused-ring (bicyclic) bond motifs is 1. The molecule has 1 atom stereocenters. The van der Waals surface area contributed by atoms with Gasteiger partial charge in [0.2, 0.25) is 11.9 Å². The second-order valence-electron chi connectivity index (χ2n) is 7.34. The molecule has 0 radical (unpaired) electrons. The summed E-state index contributed by atoms with van der Waals surface area (Å²) in [6.45, 7) is 1.74. The zero-order valence-corrected chi connectivity index (χ0v) is 16.2. The van der Waals surface area contributed by atoms with Crippen LogP contribution in [-0.2, 0) is 0 Å². The highest BCUT2D eigenvalue weighted by molar-refractivity contribution is 5.73. The number of hydrogen-bond acceptors (Lipinski definition) is 7. The summed E-state index contributed by atoms with van der Waals surface area (Å²) in [7, 11) is 0. The van der Waals surface area contributed by atoms with Crippen LogP contribution in [0.4, 0.5) is 21.7 Å². The molecule has 3 N–H and O–H groups in total. The Bertz CT molecular complexity index is 1190. The molecule has 0 amide bonds. The highest BCUT2D eigenvalue weighted by Crippen LogP contribution is 2.30. The van der Waals surface area contributed by atoms with E-state index in [1.54, 1.807) is 41.3 Å². The third-order valence-corrected chi connectivity index (χ3v) is 5.26. The fraction of sp³-hybridized carbons (Fsp3) is 0.238. The summed E-state index contributed by atoms with van der Waals surface area (Å²) < 4.78 is 15.8. The van der Waals surface area contributed by atoms with Gasteiger partial charge in [-0.3, -0.25) is 4.98 Å². The number of piperidine rings is 1. The van der Waals surface area contributed by atoms with Crippen LogP contribution in [0.25, 0.3) is 16.8 Å². The van der Waals surface area contributed by atoms with Crippen LogP contribution in [0.15, 0.2) is 55.1 Å². The third kappa shape index (κ3) is 3.43. The zero-order valence-electron chi connectivity index (χ0n) is 16.2. The second-order valence-corrected chi connectivity index (χ2v) is 7.34. The summed E-state index contributed by atoms with van der Waals surface area (Å²) in [4.78, 5) is 14.7. The summed E-state index contributed by atoms with van der Waals surface area (Å²) in [6, 6.07) is 9.07. The fourth-order valence-corrected chi connectivity index (χ4v) is 3.80. The first-order chi connectivity index (χ1) is 14.7. The largest absolute Gasteiger partial charge is 0.368 e. The number of halogens is 1. The molecule has 0 saturated carbocycles. The Balaban J connectivity index is 1.51. The molecule has 4 aromatic rings. The van der Waals surface area contributed by atoms with Gasteiger partial charge in [-0.1, -0.05) is 0 Å². The van der Waals surface area contributed by atoms with Crippen molar-refractivity contribution >= 4 is 22.8 Å². The number of imidazole rings is 1. The molecule has 1 aliphatic rings. The Labute approximate surface area is 172 Å². The van der Waals surface area contributed by atoms with Gasteiger partial charge in [-0.15, -0.1) is 0 Å². The molecular formula is C21H21FN8. The Hall–Kier alpha value is -3.59. The van der Waals surface area contributed by atoms with E-state index in [1.807, 2.05) is 12.1 Å². The van der Waals surface area contributed by atoms with Crippen LogP contribution in [0.3, 0.4) is 0 Å². The number of aromatic nitrogens is 5. The maximum absolute atomic E-state index is 14.1. The van der Waals surface area contributed by atoms with Gasteiger partial charge in [0.1, 0.15) is 0 Å². The summed E-state index contributed by atoms with van der Waals surface area (Å²) in [6.07, 6.45) is 8.75. The molecule has 1 saturated heterocycles. The van der Waals surface area contributed by atoms with Crippen molar-refractivity contribution in [2.45, 2.75) is 18.9 Å². The Morgan fingerprint density at radius 1 is 1.10 bits per heavy atom. The van der Waals surface area contributed by atoms with Crippen molar-refractivity contribution in [1.29, 1.82) is 0 Å². The molecule has 0 unspecified atom stereocenters. The Morgan fingerprint density at radius 2 is 2.03 bits per heavy atom. The minimum absolute atomic E-state index is 0.158. The maximum Gasteiger partial charge on any atom is 0.229 e. The molecule has 8 nitrogen and oxygen atoms in total. The number of rotatable bonds is 4. The van der Waals surface area contributed by atoms with Crippen molar-refractivity contribution in [2.24, 2.45) is 5.73 Å². The number of pyridine rings is 2. The van der Waals surface area contributed by atoms with E-state index in [0.29, 0.717) is 17.2 Å². The van der Waals surface area contributed by atoms with E-state index in [0.717, 1.165) is 42.8 Å². The molecule has 4 aromatic heterocycles. The Morgan fingerprint density at radius 3 is 2.90 bits per heavy atom. The van der Waals surface area contributed by atoms with Crippen LogP contribution in [0.5, 0.6) is 0 Å². The first-order valence-corrected chi connectivity index (χ1v) is 9.86. The van der Waals surface area contributed by atoms with Crippen LogP contribution in [-0.4, -0.2) is 43.7 Å². The van der Waals surface area contributed by atoms with Gasteiger partial charge in [-0.05, 0) is 43.2 Å². The zero-order chi connectivity index (χ0) is 20.5. The van der Waals surface area contributed by atoms with E-state index in [2.05, 4.69) is 30.3 Å². The number of anilines is 3. The van der Waals surface area contributed by atoms with E-state index in [4.69, 9.17) is 5.73 Å². The average Bonchev–Trinajstić information content (AvgIpc) is 3.16. The lowest BCUT2D eigenvalue weighted by molar-refractivity contribution is 0.506. The van der Waals surface area contributed by atoms with Crippen molar-refractivity contribution in [3.05, 3.63) is 61.1 Å². The lowest BCUT2D eigenvalue weighted by Crippen LogP contribution is -2.43. The molecule has 9 heteroatoms. The van der Waals surface area contributed by atoms with Crippen LogP contribution in [0.2, 0.25) is 0 Å². The minimum atomic E-state index is -0.560. The monoisotopic (exact) mass is 404 g/mol. The minimum Gasteiger partial charge on any atom is -0.368 e. The third-order valence-electron chi connectivity index (χ3n) is 5.26. The lowest BCUT2D eigenvalue weighted by atomic mass is 10.1. The molecule has 0 aliphatic carbocycles. The van der Waals surface area contributed by atoms with Gasteiger partial charge in [0.25, 0.3) is 0 Å². The topological polar surface area (TPSA) is 97.3 Å². The standard InChI is InChI=1S/C21H21FN8/c22-20-16(4-1-8-25-20)17-6-5-15-11-26-21(30(15)28-17)27-18-12-24-9-7-19(18)29-10-2-3-14(23)13-29/h1,4-9,11-12,14H,2-3,10,13,23H2,(H,26,27)/t14-/m0/s1. The summed E-state index contributed by atoms with van der Waals surface area (Å²) in [5, 5.41) is 7.91. The molecule has 5 heterocycles. The molecule has 0 bridgehead atoms. The van der Waals surface area contributed by atoms with Gasteiger partial charge < -0.3 is 16.0 Å². The number of nitrogens with zero attached hydrogens (tertiary/aromatic N) is 6. The van der Waals surface area contributed by atoms with Crippen LogP contribution in [0, 0.1) is 5.95 Å². The molecular weight excluding hydrogens is 383 g/mol. The lowest BCUT2D eigenvalue weighted by Gasteiger charge is -2.33. The normalized spacial score (nSPS) is 16.7. The number of hydrogen-bond donors (Lipinski definition) is 2. The molecule has 1 aliphatic heterocycles. The fourth-order valence-electron chi connectivity index (χ4n) is 3.80. The maximum atomic E-state index is 14.1. The summed E-state index contributed by atoms with van der Waals surface area (Å²) in [5.74, 6) is -0.0401. The van der Waals surface area contributed by atoms with Crippen molar-refractivity contribution in [1.82, 2.24) is 24.6 Å². The first kappa shape index (κ1) is 18.4. The quantitative estimate of drug-likeness (QED) is 0.505. The smallest absolute Gasteiger partial charge is 0.229 e. The van der Waals surface area contributed by atoms with E-state index >= 15 is 0 Å². The van der Waals surface area contributed by atoms with Gasteiger partial charge >= 0.3 is 0 Å².